The Morgan fingerprint density at radius 3 is 3.07 bits per heavy atom. The highest BCUT2D eigenvalue weighted by Gasteiger charge is 2.06. The molecule has 0 atom stereocenters. The highest BCUT2D eigenvalue weighted by molar-refractivity contribution is 7.98. The summed E-state index contributed by atoms with van der Waals surface area (Å²) in [5, 5.41) is 4.36. The zero-order chi connectivity index (χ0) is 9.97. The first-order valence-corrected chi connectivity index (χ1v) is 6.96. The second kappa shape index (κ2) is 4.56. The van der Waals surface area contributed by atoms with Gasteiger partial charge in [-0.25, -0.2) is 0 Å². The fourth-order valence-corrected chi connectivity index (χ4v) is 3.52. The molecule has 3 heteroatoms. The Morgan fingerprint density at radius 2 is 2.29 bits per heavy atom. The van der Waals surface area contributed by atoms with Crippen molar-refractivity contribution in [3.63, 3.8) is 0 Å². The van der Waals surface area contributed by atoms with Gasteiger partial charge in [-0.05, 0) is 28.8 Å². The SMILES string of the molecule is CCSCc1csc2cccc(Cl)c12. The summed E-state index contributed by atoms with van der Waals surface area (Å²) in [6.07, 6.45) is 0. The Kier molecular flexibility index (Phi) is 3.37. The van der Waals surface area contributed by atoms with Crippen molar-refractivity contribution in [2.24, 2.45) is 0 Å². The molecule has 1 aromatic carbocycles. The molecular weight excluding hydrogens is 232 g/mol. The summed E-state index contributed by atoms with van der Waals surface area (Å²) in [5.74, 6) is 2.22. The number of thioether (sulfide) groups is 1. The van der Waals surface area contributed by atoms with Crippen molar-refractivity contribution >= 4 is 44.8 Å². The minimum absolute atomic E-state index is 0.885. The van der Waals surface area contributed by atoms with Gasteiger partial charge in [0.2, 0.25) is 0 Å². The van der Waals surface area contributed by atoms with Crippen LogP contribution >= 0.6 is 34.7 Å². The van der Waals surface area contributed by atoms with Gasteiger partial charge in [-0.15, -0.1) is 11.3 Å². The Balaban J connectivity index is 2.45. The zero-order valence-corrected chi connectivity index (χ0v) is 10.3. The van der Waals surface area contributed by atoms with Crippen LogP contribution in [0.15, 0.2) is 23.6 Å². The number of halogens is 1. The van der Waals surface area contributed by atoms with Gasteiger partial charge in [0.05, 0.1) is 0 Å². The molecule has 0 aliphatic rings. The lowest BCUT2D eigenvalue weighted by atomic mass is 10.2. The van der Waals surface area contributed by atoms with E-state index in [4.69, 9.17) is 11.6 Å². The summed E-state index contributed by atoms with van der Waals surface area (Å²) in [4.78, 5) is 0. The Morgan fingerprint density at radius 1 is 1.43 bits per heavy atom. The van der Waals surface area contributed by atoms with E-state index in [1.54, 1.807) is 11.3 Å². The van der Waals surface area contributed by atoms with Crippen LogP contribution in [0.25, 0.3) is 10.1 Å². The minimum Gasteiger partial charge on any atom is -0.157 e. The van der Waals surface area contributed by atoms with Gasteiger partial charge in [0, 0.05) is 20.9 Å². The summed E-state index contributed by atoms with van der Waals surface area (Å²) >= 11 is 9.90. The molecule has 2 aromatic rings. The highest BCUT2D eigenvalue weighted by atomic mass is 35.5. The maximum atomic E-state index is 6.18. The largest absolute Gasteiger partial charge is 0.157 e. The topological polar surface area (TPSA) is 0 Å². The Hall–Kier alpha value is -0.180. The third-order valence-corrected chi connectivity index (χ3v) is 4.32. The van der Waals surface area contributed by atoms with Gasteiger partial charge in [0.25, 0.3) is 0 Å². The highest BCUT2D eigenvalue weighted by Crippen LogP contribution is 2.33. The first-order valence-electron chi connectivity index (χ1n) is 4.55. The van der Waals surface area contributed by atoms with E-state index in [-0.39, 0.29) is 0 Å². The van der Waals surface area contributed by atoms with E-state index in [1.165, 1.54) is 15.6 Å². The lowest BCUT2D eigenvalue weighted by Gasteiger charge is -1.99. The molecule has 0 radical (unpaired) electrons. The van der Waals surface area contributed by atoms with Gasteiger partial charge in [0.1, 0.15) is 0 Å². The molecule has 0 saturated heterocycles. The molecule has 14 heavy (non-hydrogen) atoms. The predicted octanol–water partition coefficient (Wildman–Crippen LogP) is 4.81. The molecule has 0 spiro atoms. The van der Waals surface area contributed by atoms with E-state index in [2.05, 4.69) is 18.4 Å². The number of fused-ring (bicyclic) bond motifs is 1. The first kappa shape index (κ1) is 10.3. The lowest BCUT2D eigenvalue weighted by molar-refractivity contribution is 1.45. The van der Waals surface area contributed by atoms with Crippen molar-refractivity contribution < 1.29 is 0 Å². The van der Waals surface area contributed by atoms with Crippen molar-refractivity contribution in [3.05, 3.63) is 34.2 Å². The third kappa shape index (κ3) is 1.92. The molecule has 0 amide bonds. The molecule has 0 nitrogen and oxygen atoms in total. The molecule has 0 aliphatic carbocycles. The van der Waals surface area contributed by atoms with Gasteiger partial charge in [0.15, 0.2) is 0 Å². The van der Waals surface area contributed by atoms with Crippen LogP contribution in [0.2, 0.25) is 5.02 Å². The van der Waals surface area contributed by atoms with Crippen LogP contribution in [0.1, 0.15) is 12.5 Å². The summed E-state index contributed by atoms with van der Waals surface area (Å²) in [5.41, 5.74) is 1.38. The average Bonchev–Trinajstić information content (AvgIpc) is 2.59. The van der Waals surface area contributed by atoms with E-state index in [0.717, 1.165) is 16.5 Å². The molecule has 1 heterocycles. The first-order chi connectivity index (χ1) is 6.83. The standard InChI is InChI=1S/C11H11ClS2/c1-2-13-6-8-7-14-10-5-3-4-9(12)11(8)10/h3-5,7H,2,6H2,1H3. The van der Waals surface area contributed by atoms with Crippen molar-refractivity contribution in [2.75, 3.05) is 5.75 Å². The van der Waals surface area contributed by atoms with Gasteiger partial charge >= 0.3 is 0 Å². The predicted molar refractivity (Wildman–Crippen MR) is 68.7 cm³/mol. The van der Waals surface area contributed by atoms with Crippen LogP contribution in [0, 0.1) is 0 Å². The zero-order valence-electron chi connectivity index (χ0n) is 7.92. The number of benzene rings is 1. The maximum absolute atomic E-state index is 6.18. The lowest BCUT2D eigenvalue weighted by Crippen LogP contribution is -1.78. The van der Waals surface area contributed by atoms with Gasteiger partial charge in [-0.2, -0.15) is 11.8 Å². The number of rotatable bonds is 3. The quantitative estimate of drug-likeness (QED) is 0.745. The number of hydrogen-bond donors (Lipinski definition) is 0. The smallest absolute Gasteiger partial charge is 0.0495 e. The molecule has 0 aliphatic heterocycles. The van der Waals surface area contributed by atoms with Crippen LogP contribution in [0.4, 0.5) is 0 Å². The summed E-state index contributed by atoms with van der Waals surface area (Å²) in [6.45, 7) is 2.18. The maximum Gasteiger partial charge on any atom is 0.0495 e. The van der Waals surface area contributed by atoms with Gasteiger partial charge in [-0.3, -0.25) is 0 Å². The molecule has 0 N–H and O–H groups in total. The normalized spacial score (nSPS) is 11.0. The van der Waals surface area contributed by atoms with E-state index in [0.29, 0.717) is 0 Å². The van der Waals surface area contributed by atoms with Crippen LogP contribution in [0.5, 0.6) is 0 Å². The summed E-state index contributed by atoms with van der Waals surface area (Å²) in [6, 6.07) is 6.11. The second-order valence-corrected chi connectivity index (χ2v) is 5.60. The van der Waals surface area contributed by atoms with Crippen molar-refractivity contribution in [2.45, 2.75) is 12.7 Å². The molecule has 0 unspecified atom stereocenters. The van der Waals surface area contributed by atoms with Crippen molar-refractivity contribution in [1.82, 2.24) is 0 Å². The van der Waals surface area contributed by atoms with E-state index in [9.17, 15) is 0 Å². The number of hydrogen-bond acceptors (Lipinski definition) is 2. The van der Waals surface area contributed by atoms with E-state index < -0.39 is 0 Å². The van der Waals surface area contributed by atoms with Crippen LogP contribution < -0.4 is 0 Å². The summed E-state index contributed by atoms with van der Waals surface area (Å²) in [7, 11) is 0. The molecule has 0 bridgehead atoms. The van der Waals surface area contributed by atoms with Crippen LogP contribution in [-0.4, -0.2) is 5.75 Å². The Bertz CT molecular complexity index is 434. The second-order valence-electron chi connectivity index (χ2n) is 3.01. The monoisotopic (exact) mass is 242 g/mol. The molecule has 2 rings (SSSR count). The fraction of sp³-hybridized carbons (Fsp3) is 0.273. The molecule has 0 saturated carbocycles. The van der Waals surface area contributed by atoms with E-state index >= 15 is 0 Å². The van der Waals surface area contributed by atoms with E-state index in [1.807, 2.05) is 23.9 Å². The molecule has 0 fully saturated rings. The fourth-order valence-electron chi connectivity index (χ4n) is 1.43. The Labute approximate surface area is 97.3 Å². The molecule has 1 aromatic heterocycles. The van der Waals surface area contributed by atoms with Gasteiger partial charge < -0.3 is 0 Å². The minimum atomic E-state index is 0.885. The van der Waals surface area contributed by atoms with Crippen LogP contribution in [0.3, 0.4) is 0 Å². The summed E-state index contributed by atoms with van der Waals surface area (Å²) < 4.78 is 1.30. The third-order valence-electron chi connectivity index (χ3n) is 2.09. The van der Waals surface area contributed by atoms with Gasteiger partial charge in [-0.1, -0.05) is 24.6 Å². The average molecular weight is 243 g/mol. The van der Waals surface area contributed by atoms with Crippen molar-refractivity contribution in [3.8, 4) is 0 Å². The van der Waals surface area contributed by atoms with Crippen LogP contribution in [-0.2, 0) is 5.75 Å². The van der Waals surface area contributed by atoms with Crippen molar-refractivity contribution in [1.29, 1.82) is 0 Å². The number of thiophene rings is 1. The molecular formula is C11H11ClS2. The molecule has 74 valence electrons.